The first-order valence-corrected chi connectivity index (χ1v) is 27.3. The Hall–Kier alpha value is -5.08. The summed E-state index contributed by atoms with van der Waals surface area (Å²) >= 11 is 0. The number of aryl methyl sites for hydroxylation is 2. The minimum atomic E-state index is 0.532. The van der Waals surface area contributed by atoms with Gasteiger partial charge in [0, 0.05) is 11.1 Å². The van der Waals surface area contributed by atoms with Crippen LogP contribution in [-0.2, 0) is 51.7 Å². The molecule has 70 heavy (non-hydrogen) atoms. The predicted molar refractivity (Wildman–Crippen MR) is 301 cm³/mol. The molecular weight excluding hydrogens is 849 g/mol. The lowest BCUT2D eigenvalue weighted by Crippen LogP contribution is -2.13. The zero-order valence-corrected chi connectivity index (χ0v) is 47.0. The fraction of sp³-hybridized carbons (Fsp3) is 0.471. The predicted octanol–water partition coefficient (Wildman–Crippen LogP) is 18.4. The summed E-state index contributed by atoms with van der Waals surface area (Å²) in [6, 6.07) is 9.37. The first-order valence-electron chi connectivity index (χ1n) is 27.3. The molecule has 0 aromatic heterocycles. The number of ether oxygens (including phenoxy) is 2. The van der Waals surface area contributed by atoms with Crippen LogP contribution in [0.1, 0.15) is 186 Å². The molecule has 0 radical (unpaired) electrons. The Morgan fingerprint density at radius 1 is 0.300 bits per heavy atom. The summed E-state index contributed by atoms with van der Waals surface area (Å²) in [6.07, 6.45) is 13.8. The Bertz CT molecular complexity index is 2730. The van der Waals surface area contributed by atoms with E-state index < -0.39 is 0 Å². The third-order valence-corrected chi connectivity index (χ3v) is 18.6. The van der Waals surface area contributed by atoms with Crippen molar-refractivity contribution < 1.29 is 9.47 Å². The first kappa shape index (κ1) is 51.3. The molecule has 8 rings (SSSR count). The maximum absolute atomic E-state index is 7.32. The van der Waals surface area contributed by atoms with Gasteiger partial charge >= 0.3 is 0 Å². The van der Waals surface area contributed by atoms with E-state index in [1.165, 1.54) is 205 Å². The largest absolute Gasteiger partial charge is 0.488 e. The highest BCUT2D eigenvalue weighted by Gasteiger charge is 2.29. The third-order valence-electron chi connectivity index (χ3n) is 18.6. The van der Waals surface area contributed by atoms with E-state index in [1.54, 1.807) is 0 Å². The van der Waals surface area contributed by atoms with Crippen LogP contribution in [0.5, 0.6) is 11.5 Å². The molecule has 0 atom stereocenters. The quantitative estimate of drug-likeness (QED) is 0.115. The lowest BCUT2D eigenvalue weighted by atomic mass is 9.79. The number of hydrogen-bond acceptors (Lipinski definition) is 2. The van der Waals surface area contributed by atoms with E-state index in [1.807, 2.05) is 0 Å². The van der Waals surface area contributed by atoms with Crippen LogP contribution >= 0.6 is 0 Å². The summed E-state index contributed by atoms with van der Waals surface area (Å²) in [5.74, 6) is 1.99. The Balaban J connectivity index is 1.21. The zero-order valence-electron chi connectivity index (χ0n) is 47.0. The van der Waals surface area contributed by atoms with E-state index >= 15 is 0 Å². The molecule has 2 aliphatic rings. The van der Waals surface area contributed by atoms with Gasteiger partial charge in [-0.1, -0.05) is 38.8 Å². The van der Waals surface area contributed by atoms with Crippen molar-refractivity contribution in [3.05, 3.63) is 158 Å². The molecule has 0 amide bonds. The second-order valence-electron chi connectivity index (χ2n) is 22.1. The van der Waals surface area contributed by atoms with E-state index in [0.717, 1.165) is 50.0 Å². The second-order valence-corrected chi connectivity index (χ2v) is 22.1. The summed E-state index contributed by atoms with van der Waals surface area (Å²) in [6.45, 7) is 43.2. The molecule has 0 N–H and O–H groups in total. The highest BCUT2D eigenvalue weighted by atomic mass is 16.5. The van der Waals surface area contributed by atoms with Gasteiger partial charge in [-0.05, 0) is 343 Å². The summed E-state index contributed by atoms with van der Waals surface area (Å²) < 4.78 is 14.6. The Morgan fingerprint density at radius 3 is 0.829 bits per heavy atom. The Labute approximate surface area is 425 Å². The molecule has 2 heteroatoms. The molecule has 0 bridgehead atoms. The summed E-state index contributed by atoms with van der Waals surface area (Å²) in [5.41, 5.74) is 42.3. The van der Waals surface area contributed by atoms with Crippen LogP contribution < -0.4 is 9.47 Å². The van der Waals surface area contributed by atoms with Crippen molar-refractivity contribution in [2.45, 2.75) is 215 Å². The van der Waals surface area contributed by atoms with Gasteiger partial charge in [0.2, 0.25) is 0 Å². The number of fused-ring (bicyclic) bond motifs is 2. The molecule has 0 aliphatic heterocycles. The number of rotatable bonds is 13. The summed E-state index contributed by atoms with van der Waals surface area (Å²) in [5, 5.41) is 0. The smallest absolute Gasteiger partial charge is 0.128 e. The van der Waals surface area contributed by atoms with Crippen LogP contribution in [0.25, 0.3) is 33.4 Å². The molecule has 2 nitrogen and oxygen atoms in total. The lowest BCUT2D eigenvalue weighted by molar-refractivity contribution is 0.300. The van der Waals surface area contributed by atoms with Crippen molar-refractivity contribution in [2.24, 2.45) is 0 Å². The Kier molecular flexibility index (Phi) is 15.1. The molecule has 0 fully saturated rings. The standard InChI is InChI=1S/C68H86O2/c1-19-25-55-37(3)45(11)63(46(12)38(55)4)65-49(15)41(7)59(42(8)50(65)16)35-69-61-33-31-53-27-21-23-29-57(53)67(61)68-58-30-24-22-28-54(58)32-34-62(68)70-36-60-43(9)51(17)66(52(18)44(60)10)64-47(13)39(5)56(26-20-2)40(6)48(64)14/h31-34H,19-30,35-36H2,1-18H3. The van der Waals surface area contributed by atoms with Crippen LogP contribution in [0.15, 0.2) is 24.3 Å². The van der Waals surface area contributed by atoms with E-state index in [9.17, 15) is 0 Å². The van der Waals surface area contributed by atoms with Crippen LogP contribution in [0.4, 0.5) is 0 Å². The topological polar surface area (TPSA) is 18.5 Å². The fourth-order valence-electron chi connectivity index (χ4n) is 13.4. The lowest BCUT2D eigenvalue weighted by Gasteiger charge is -2.29. The third kappa shape index (κ3) is 8.66. The van der Waals surface area contributed by atoms with Crippen molar-refractivity contribution >= 4 is 0 Å². The van der Waals surface area contributed by atoms with Crippen molar-refractivity contribution in [3.63, 3.8) is 0 Å². The summed E-state index contributed by atoms with van der Waals surface area (Å²) in [7, 11) is 0. The second kappa shape index (κ2) is 20.6. The highest BCUT2D eigenvalue weighted by Crippen LogP contribution is 2.49. The van der Waals surface area contributed by atoms with Gasteiger partial charge in [-0.2, -0.15) is 0 Å². The molecule has 0 heterocycles. The normalized spacial score (nSPS) is 13.5. The average molecular weight is 935 g/mol. The van der Waals surface area contributed by atoms with Gasteiger partial charge in [0.05, 0.1) is 0 Å². The molecule has 6 aromatic carbocycles. The SMILES string of the molecule is CCCc1c(C)c(C)c(-c2c(C)c(C)c(COc3ccc4c(c3-c3c(OCc5c(C)c(C)c(-c6c(C)c(C)c(CCC)c(C)c6C)c(C)c5C)ccc5c3CCCC5)CCCC4)c(C)c2C)c(C)c1C. The van der Waals surface area contributed by atoms with Gasteiger partial charge < -0.3 is 9.47 Å². The molecule has 2 aliphatic carbocycles. The van der Waals surface area contributed by atoms with Gasteiger partial charge in [-0.15, -0.1) is 0 Å². The fourth-order valence-corrected chi connectivity index (χ4v) is 13.4. The van der Waals surface area contributed by atoms with Crippen molar-refractivity contribution in [2.75, 3.05) is 0 Å². The van der Waals surface area contributed by atoms with E-state index in [0.29, 0.717) is 13.2 Å². The molecule has 370 valence electrons. The van der Waals surface area contributed by atoms with Gasteiger partial charge in [0.25, 0.3) is 0 Å². The van der Waals surface area contributed by atoms with Gasteiger partial charge in [-0.25, -0.2) is 0 Å². The molecular formula is C68H86O2. The molecule has 0 unspecified atom stereocenters. The first-order chi connectivity index (χ1) is 33.4. The van der Waals surface area contributed by atoms with Gasteiger partial charge in [0.1, 0.15) is 24.7 Å². The Morgan fingerprint density at radius 2 is 0.557 bits per heavy atom. The van der Waals surface area contributed by atoms with Crippen molar-refractivity contribution in [1.29, 1.82) is 0 Å². The summed E-state index contributed by atoms with van der Waals surface area (Å²) in [4.78, 5) is 0. The average Bonchev–Trinajstić information content (AvgIpc) is 3.36. The maximum Gasteiger partial charge on any atom is 0.128 e. The van der Waals surface area contributed by atoms with Crippen molar-refractivity contribution in [1.82, 2.24) is 0 Å². The van der Waals surface area contributed by atoms with Crippen LogP contribution in [-0.4, -0.2) is 0 Å². The van der Waals surface area contributed by atoms with Crippen molar-refractivity contribution in [3.8, 4) is 44.9 Å². The van der Waals surface area contributed by atoms with E-state index in [2.05, 4.69) is 149 Å². The van der Waals surface area contributed by atoms with Crippen LogP contribution in [0.3, 0.4) is 0 Å². The maximum atomic E-state index is 7.32. The van der Waals surface area contributed by atoms with Crippen LogP contribution in [0.2, 0.25) is 0 Å². The molecule has 0 saturated carbocycles. The van der Waals surface area contributed by atoms with Gasteiger partial charge in [-0.3, -0.25) is 0 Å². The molecule has 0 saturated heterocycles. The minimum Gasteiger partial charge on any atom is -0.488 e. The van der Waals surface area contributed by atoms with E-state index in [4.69, 9.17) is 9.47 Å². The minimum absolute atomic E-state index is 0.532. The van der Waals surface area contributed by atoms with E-state index in [-0.39, 0.29) is 0 Å². The molecule has 6 aromatic rings. The molecule has 0 spiro atoms. The van der Waals surface area contributed by atoms with Gasteiger partial charge in [0.15, 0.2) is 0 Å². The monoisotopic (exact) mass is 935 g/mol. The number of benzene rings is 6. The zero-order chi connectivity index (χ0) is 50.6. The van der Waals surface area contributed by atoms with Crippen LogP contribution in [0, 0.1) is 111 Å². The highest BCUT2D eigenvalue weighted by molar-refractivity contribution is 5.85. The number of hydrogen-bond donors (Lipinski definition) is 0.